The standard InChI is InChI=1S/C15H20N2/c1-11-10-16-17(12(11)2)14-8-6-13(7-9-14)15(3,4)5/h6-10H,1-5H3. The van der Waals surface area contributed by atoms with Gasteiger partial charge in [-0.1, -0.05) is 32.9 Å². The van der Waals surface area contributed by atoms with Crippen molar-refractivity contribution >= 4 is 0 Å². The summed E-state index contributed by atoms with van der Waals surface area (Å²) in [6.45, 7) is 10.9. The van der Waals surface area contributed by atoms with Gasteiger partial charge in [-0.05, 0) is 42.5 Å². The van der Waals surface area contributed by atoms with Crippen LogP contribution in [0.15, 0.2) is 30.5 Å². The molecule has 0 bridgehead atoms. The number of aryl methyl sites for hydroxylation is 1. The molecule has 0 fully saturated rings. The Hall–Kier alpha value is -1.57. The van der Waals surface area contributed by atoms with Crippen molar-refractivity contribution in [2.45, 2.75) is 40.0 Å². The van der Waals surface area contributed by atoms with Crippen LogP contribution in [0, 0.1) is 13.8 Å². The van der Waals surface area contributed by atoms with Gasteiger partial charge in [0.05, 0.1) is 11.9 Å². The average Bonchev–Trinajstić information content (AvgIpc) is 2.59. The van der Waals surface area contributed by atoms with E-state index in [9.17, 15) is 0 Å². The van der Waals surface area contributed by atoms with Crippen LogP contribution in [0.3, 0.4) is 0 Å². The number of aromatic nitrogens is 2. The van der Waals surface area contributed by atoms with Gasteiger partial charge in [-0.2, -0.15) is 5.10 Å². The second kappa shape index (κ2) is 4.02. The lowest BCUT2D eigenvalue weighted by Gasteiger charge is -2.19. The maximum Gasteiger partial charge on any atom is 0.0648 e. The molecule has 2 heteroatoms. The van der Waals surface area contributed by atoms with Crippen LogP contribution in [0.4, 0.5) is 0 Å². The molecule has 0 saturated carbocycles. The highest BCUT2D eigenvalue weighted by Crippen LogP contribution is 2.23. The minimum absolute atomic E-state index is 0.202. The Morgan fingerprint density at radius 2 is 1.59 bits per heavy atom. The van der Waals surface area contributed by atoms with E-state index in [1.807, 2.05) is 10.9 Å². The fraction of sp³-hybridized carbons (Fsp3) is 0.400. The van der Waals surface area contributed by atoms with Crippen molar-refractivity contribution in [3.8, 4) is 5.69 Å². The van der Waals surface area contributed by atoms with Crippen molar-refractivity contribution in [2.24, 2.45) is 0 Å². The number of rotatable bonds is 1. The third kappa shape index (κ3) is 2.26. The maximum atomic E-state index is 4.39. The monoisotopic (exact) mass is 228 g/mol. The maximum absolute atomic E-state index is 4.39. The molecule has 1 aromatic carbocycles. The molecule has 0 spiro atoms. The lowest BCUT2D eigenvalue weighted by atomic mass is 9.87. The van der Waals surface area contributed by atoms with Crippen molar-refractivity contribution < 1.29 is 0 Å². The summed E-state index contributed by atoms with van der Waals surface area (Å²) in [5.74, 6) is 0. The predicted molar refractivity (Wildman–Crippen MR) is 71.7 cm³/mol. The van der Waals surface area contributed by atoms with E-state index in [0.29, 0.717) is 0 Å². The van der Waals surface area contributed by atoms with Crippen LogP contribution in [0.25, 0.3) is 5.69 Å². The molecule has 0 aliphatic heterocycles. The third-order valence-corrected chi connectivity index (χ3v) is 3.23. The highest BCUT2D eigenvalue weighted by Gasteiger charge is 2.13. The summed E-state index contributed by atoms with van der Waals surface area (Å²) in [4.78, 5) is 0. The Balaban J connectivity index is 2.40. The molecule has 0 aliphatic rings. The van der Waals surface area contributed by atoms with Crippen molar-refractivity contribution in [3.63, 3.8) is 0 Å². The number of nitrogens with zero attached hydrogens (tertiary/aromatic N) is 2. The summed E-state index contributed by atoms with van der Waals surface area (Å²) in [5.41, 5.74) is 5.11. The fourth-order valence-electron chi connectivity index (χ4n) is 1.85. The van der Waals surface area contributed by atoms with Crippen LogP contribution in [-0.4, -0.2) is 9.78 Å². The van der Waals surface area contributed by atoms with Gasteiger partial charge < -0.3 is 0 Å². The van der Waals surface area contributed by atoms with Crippen molar-refractivity contribution in [3.05, 3.63) is 47.3 Å². The minimum Gasteiger partial charge on any atom is -0.238 e. The van der Waals surface area contributed by atoms with Crippen LogP contribution in [0.5, 0.6) is 0 Å². The summed E-state index contributed by atoms with van der Waals surface area (Å²) in [5, 5.41) is 4.39. The van der Waals surface area contributed by atoms with E-state index >= 15 is 0 Å². The molecule has 0 unspecified atom stereocenters. The molecule has 2 rings (SSSR count). The van der Waals surface area contributed by atoms with E-state index in [2.05, 4.69) is 64.0 Å². The van der Waals surface area contributed by atoms with Gasteiger partial charge in [0.15, 0.2) is 0 Å². The summed E-state index contributed by atoms with van der Waals surface area (Å²) in [6.07, 6.45) is 1.91. The Morgan fingerprint density at radius 3 is 2.00 bits per heavy atom. The highest BCUT2D eigenvalue weighted by molar-refractivity contribution is 5.38. The SMILES string of the molecule is Cc1cnn(-c2ccc(C(C)(C)C)cc2)c1C. The Bertz CT molecular complexity index is 513. The molecule has 1 aromatic heterocycles. The topological polar surface area (TPSA) is 17.8 Å². The molecule has 0 amide bonds. The zero-order valence-corrected chi connectivity index (χ0v) is 11.3. The minimum atomic E-state index is 0.202. The van der Waals surface area contributed by atoms with E-state index in [1.54, 1.807) is 0 Å². The van der Waals surface area contributed by atoms with Crippen LogP contribution >= 0.6 is 0 Å². The van der Waals surface area contributed by atoms with Crippen molar-refractivity contribution in [1.29, 1.82) is 0 Å². The van der Waals surface area contributed by atoms with Gasteiger partial charge in [0.25, 0.3) is 0 Å². The first-order valence-corrected chi connectivity index (χ1v) is 6.02. The number of hydrogen-bond donors (Lipinski definition) is 0. The number of benzene rings is 1. The molecule has 90 valence electrons. The van der Waals surface area contributed by atoms with Crippen LogP contribution in [-0.2, 0) is 5.41 Å². The lowest BCUT2D eigenvalue weighted by molar-refractivity contribution is 0.590. The lowest BCUT2D eigenvalue weighted by Crippen LogP contribution is -2.11. The molecule has 0 radical (unpaired) electrons. The van der Waals surface area contributed by atoms with Crippen LogP contribution < -0.4 is 0 Å². The molecule has 0 saturated heterocycles. The Morgan fingerprint density at radius 1 is 1.00 bits per heavy atom. The quantitative estimate of drug-likeness (QED) is 0.726. The predicted octanol–water partition coefficient (Wildman–Crippen LogP) is 3.79. The Kier molecular flexibility index (Phi) is 2.82. The van der Waals surface area contributed by atoms with Crippen LogP contribution in [0.1, 0.15) is 37.6 Å². The molecular formula is C15H20N2. The van der Waals surface area contributed by atoms with Crippen LogP contribution in [0.2, 0.25) is 0 Å². The Labute approximate surface area is 103 Å². The first-order valence-electron chi connectivity index (χ1n) is 6.02. The summed E-state index contributed by atoms with van der Waals surface area (Å²) in [7, 11) is 0. The van der Waals surface area contributed by atoms with Gasteiger partial charge >= 0.3 is 0 Å². The molecule has 0 atom stereocenters. The first kappa shape index (κ1) is 11.9. The van der Waals surface area contributed by atoms with Gasteiger partial charge in [0, 0.05) is 5.69 Å². The molecule has 2 aromatic rings. The fourth-order valence-corrected chi connectivity index (χ4v) is 1.85. The van der Waals surface area contributed by atoms with Gasteiger partial charge in [0.1, 0.15) is 0 Å². The van der Waals surface area contributed by atoms with E-state index in [4.69, 9.17) is 0 Å². The van der Waals surface area contributed by atoms with Gasteiger partial charge in [-0.15, -0.1) is 0 Å². The normalized spacial score (nSPS) is 11.8. The highest BCUT2D eigenvalue weighted by atomic mass is 15.3. The van der Waals surface area contributed by atoms with E-state index < -0.39 is 0 Å². The summed E-state index contributed by atoms with van der Waals surface area (Å²) >= 11 is 0. The van der Waals surface area contributed by atoms with E-state index in [0.717, 1.165) is 5.69 Å². The van der Waals surface area contributed by atoms with Crippen molar-refractivity contribution in [1.82, 2.24) is 9.78 Å². The molecular weight excluding hydrogens is 208 g/mol. The second-order valence-electron chi connectivity index (χ2n) is 5.62. The largest absolute Gasteiger partial charge is 0.238 e. The first-order chi connectivity index (χ1) is 7.89. The molecule has 0 N–H and O–H groups in total. The van der Waals surface area contributed by atoms with E-state index in [1.165, 1.54) is 16.8 Å². The summed E-state index contributed by atoms with van der Waals surface area (Å²) in [6, 6.07) is 8.65. The smallest absolute Gasteiger partial charge is 0.0648 e. The zero-order valence-electron chi connectivity index (χ0n) is 11.3. The van der Waals surface area contributed by atoms with E-state index in [-0.39, 0.29) is 5.41 Å². The number of hydrogen-bond acceptors (Lipinski definition) is 1. The molecule has 17 heavy (non-hydrogen) atoms. The van der Waals surface area contributed by atoms with Gasteiger partial charge in [-0.25, -0.2) is 4.68 Å². The third-order valence-electron chi connectivity index (χ3n) is 3.23. The average molecular weight is 228 g/mol. The van der Waals surface area contributed by atoms with Gasteiger partial charge in [-0.3, -0.25) is 0 Å². The molecule has 0 aliphatic carbocycles. The van der Waals surface area contributed by atoms with Crippen molar-refractivity contribution in [2.75, 3.05) is 0 Å². The zero-order chi connectivity index (χ0) is 12.6. The second-order valence-corrected chi connectivity index (χ2v) is 5.62. The summed E-state index contributed by atoms with van der Waals surface area (Å²) < 4.78 is 1.99. The van der Waals surface area contributed by atoms with Gasteiger partial charge in [0.2, 0.25) is 0 Å². The molecule has 1 heterocycles. The molecule has 2 nitrogen and oxygen atoms in total.